The Morgan fingerprint density at radius 1 is 1.48 bits per heavy atom. The highest BCUT2D eigenvalue weighted by molar-refractivity contribution is 7.10. The van der Waals surface area contributed by atoms with Gasteiger partial charge in [0.25, 0.3) is 0 Å². The van der Waals surface area contributed by atoms with Crippen LogP contribution in [0.25, 0.3) is 0 Å². The monoisotopic (exact) mass is 337 g/mol. The smallest absolute Gasteiger partial charge is 0.317 e. The fourth-order valence-electron chi connectivity index (χ4n) is 3.65. The fraction of sp³-hybridized carbons (Fsp3) is 0.706. The van der Waals surface area contributed by atoms with E-state index in [-0.39, 0.29) is 12.6 Å². The van der Waals surface area contributed by atoms with Crippen molar-refractivity contribution < 1.29 is 9.90 Å². The minimum absolute atomic E-state index is 0.0142. The number of piperidine rings is 1. The molecule has 5 nitrogen and oxygen atoms in total. The SMILES string of the molecule is CN1CCCC(CNC(=O)N(CCO)C2CC2)C1c1cccs1. The molecule has 1 aromatic heterocycles. The number of nitrogens with zero attached hydrogens (tertiary/aromatic N) is 2. The van der Waals surface area contributed by atoms with Crippen molar-refractivity contribution in [3.63, 3.8) is 0 Å². The van der Waals surface area contributed by atoms with E-state index in [0.29, 0.717) is 31.1 Å². The quantitative estimate of drug-likeness (QED) is 0.837. The van der Waals surface area contributed by atoms with E-state index in [1.807, 2.05) is 0 Å². The van der Waals surface area contributed by atoms with Crippen LogP contribution in [0.5, 0.6) is 0 Å². The Morgan fingerprint density at radius 3 is 2.96 bits per heavy atom. The lowest BCUT2D eigenvalue weighted by Crippen LogP contribution is -2.47. The van der Waals surface area contributed by atoms with Gasteiger partial charge in [0.05, 0.1) is 6.61 Å². The van der Waals surface area contributed by atoms with Gasteiger partial charge in [-0.3, -0.25) is 4.90 Å². The molecule has 6 heteroatoms. The number of aliphatic hydroxyl groups is 1. The molecule has 1 saturated carbocycles. The summed E-state index contributed by atoms with van der Waals surface area (Å²) in [6.45, 7) is 2.30. The van der Waals surface area contributed by atoms with Gasteiger partial charge >= 0.3 is 6.03 Å². The number of hydrogen-bond acceptors (Lipinski definition) is 4. The van der Waals surface area contributed by atoms with Crippen LogP contribution in [-0.2, 0) is 0 Å². The first-order valence-electron chi connectivity index (χ1n) is 8.59. The fourth-order valence-corrected chi connectivity index (χ4v) is 4.63. The summed E-state index contributed by atoms with van der Waals surface area (Å²) in [6.07, 6.45) is 4.47. The van der Waals surface area contributed by atoms with Gasteiger partial charge in [0.1, 0.15) is 0 Å². The number of carbonyl (C=O) groups excluding carboxylic acids is 1. The number of carbonyl (C=O) groups is 1. The molecule has 128 valence electrons. The molecular weight excluding hydrogens is 310 g/mol. The molecule has 1 aromatic rings. The van der Waals surface area contributed by atoms with Crippen molar-refractivity contribution in [1.82, 2.24) is 15.1 Å². The zero-order valence-corrected chi connectivity index (χ0v) is 14.6. The van der Waals surface area contributed by atoms with Crippen LogP contribution in [-0.4, -0.2) is 60.3 Å². The Kier molecular flexibility index (Phi) is 5.56. The Balaban J connectivity index is 1.60. The lowest BCUT2D eigenvalue weighted by molar-refractivity contribution is 0.119. The molecule has 0 bridgehead atoms. The van der Waals surface area contributed by atoms with E-state index in [0.717, 1.165) is 25.8 Å². The van der Waals surface area contributed by atoms with Crippen molar-refractivity contribution in [3.8, 4) is 0 Å². The second-order valence-corrected chi connectivity index (χ2v) is 7.66. The average molecular weight is 337 g/mol. The van der Waals surface area contributed by atoms with Gasteiger partial charge in [-0.2, -0.15) is 0 Å². The summed E-state index contributed by atoms with van der Waals surface area (Å²) in [5.74, 6) is 0.450. The van der Waals surface area contributed by atoms with Gasteiger partial charge in [-0.05, 0) is 56.6 Å². The standard InChI is InChI=1S/C17H27N3O2S/c1-19-8-2-4-13(16(19)15-5-3-11-23-15)12-18-17(22)20(9-10-21)14-6-7-14/h3,5,11,13-14,16,21H,2,4,6-10,12H2,1H3,(H,18,22). The normalized spacial score (nSPS) is 25.3. The predicted octanol–water partition coefficient (Wildman–Crippen LogP) is 2.30. The Morgan fingerprint density at radius 2 is 2.30 bits per heavy atom. The summed E-state index contributed by atoms with van der Waals surface area (Å²) in [4.78, 5) is 18.0. The summed E-state index contributed by atoms with van der Waals surface area (Å²) < 4.78 is 0. The van der Waals surface area contributed by atoms with Gasteiger partial charge in [0, 0.05) is 30.1 Å². The van der Waals surface area contributed by atoms with Crippen molar-refractivity contribution in [2.24, 2.45) is 5.92 Å². The number of rotatable bonds is 6. The average Bonchev–Trinajstić information content (AvgIpc) is 3.24. The van der Waals surface area contributed by atoms with Crippen molar-refractivity contribution in [1.29, 1.82) is 0 Å². The number of amides is 2. The number of nitrogens with one attached hydrogen (secondary N) is 1. The minimum atomic E-state index is -0.0142. The largest absolute Gasteiger partial charge is 0.395 e. The van der Waals surface area contributed by atoms with Crippen molar-refractivity contribution in [2.75, 3.05) is 33.3 Å². The molecule has 2 N–H and O–H groups in total. The Labute approximate surface area is 142 Å². The van der Waals surface area contributed by atoms with Crippen LogP contribution >= 0.6 is 11.3 Å². The number of thiophene rings is 1. The first kappa shape index (κ1) is 16.7. The van der Waals surface area contributed by atoms with E-state index >= 15 is 0 Å². The molecule has 0 radical (unpaired) electrons. The number of likely N-dealkylation sites (tertiary alicyclic amines) is 1. The molecule has 2 atom stereocenters. The maximum Gasteiger partial charge on any atom is 0.317 e. The molecule has 2 aliphatic rings. The first-order chi connectivity index (χ1) is 11.2. The van der Waals surface area contributed by atoms with Crippen molar-refractivity contribution in [2.45, 2.75) is 37.8 Å². The van der Waals surface area contributed by atoms with E-state index in [2.05, 4.69) is 34.8 Å². The first-order valence-corrected chi connectivity index (χ1v) is 9.47. The minimum Gasteiger partial charge on any atom is -0.395 e. The maximum atomic E-state index is 12.4. The molecule has 0 aromatic carbocycles. The molecule has 2 amide bonds. The highest BCUT2D eigenvalue weighted by atomic mass is 32.1. The number of hydrogen-bond donors (Lipinski definition) is 2. The van der Waals surface area contributed by atoms with E-state index in [1.165, 1.54) is 11.3 Å². The molecule has 3 rings (SSSR count). The third-order valence-corrected chi connectivity index (χ3v) is 5.89. The lowest BCUT2D eigenvalue weighted by atomic mass is 9.88. The zero-order chi connectivity index (χ0) is 16.2. The molecule has 2 fully saturated rings. The summed E-state index contributed by atoms with van der Waals surface area (Å²) >= 11 is 1.80. The van der Waals surface area contributed by atoms with Crippen molar-refractivity contribution in [3.05, 3.63) is 22.4 Å². The van der Waals surface area contributed by atoms with E-state index < -0.39 is 0 Å². The Bertz CT molecular complexity index is 504. The van der Waals surface area contributed by atoms with E-state index in [9.17, 15) is 4.79 Å². The highest BCUT2D eigenvalue weighted by Gasteiger charge is 2.34. The van der Waals surface area contributed by atoms with Crippen LogP contribution in [0.15, 0.2) is 17.5 Å². The summed E-state index contributed by atoms with van der Waals surface area (Å²) in [7, 11) is 2.18. The lowest BCUT2D eigenvalue weighted by Gasteiger charge is -2.39. The van der Waals surface area contributed by atoms with Crippen molar-refractivity contribution >= 4 is 17.4 Å². The predicted molar refractivity (Wildman–Crippen MR) is 92.6 cm³/mol. The van der Waals surface area contributed by atoms with Crippen LogP contribution in [0, 0.1) is 5.92 Å². The third-order valence-electron chi connectivity index (χ3n) is 4.95. The molecule has 2 heterocycles. The maximum absolute atomic E-state index is 12.4. The summed E-state index contributed by atoms with van der Waals surface area (Å²) in [5, 5.41) is 14.4. The van der Waals surface area contributed by atoms with E-state index in [1.54, 1.807) is 16.2 Å². The van der Waals surface area contributed by atoms with Crippen LogP contribution in [0.2, 0.25) is 0 Å². The Hall–Kier alpha value is -1.11. The molecule has 23 heavy (non-hydrogen) atoms. The highest BCUT2D eigenvalue weighted by Crippen LogP contribution is 2.36. The summed E-state index contributed by atoms with van der Waals surface area (Å²) in [6, 6.07) is 5.03. The molecular formula is C17H27N3O2S. The number of urea groups is 1. The van der Waals surface area contributed by atoms with Gasteiger partial charge in [0.2, 0.25) is 0 Å². The van der Waals surface area contributed by atoms with Crippen LogP contribution in [0.4, 0.5) is 4.79 Å². The van der Waals surface area contributed by atoms with Gasteiger partial charge in [-0.25, -0.2) is 4.79 Å². The molecule has 1 aliphatic carbocycles. The van der Waals surface area contributed by atoms with Gasteiger partial charge in [-0.15, -0.1) is 11.3 Å². The second kappa shape index (κ2) is 7.64. The van der Waals surface area contributed by atoms with E-state index in [4.69, 9.17) is 5.11 Å². The van der Waals surface area contributed by atoms with Gasteiger partial charge in [-0.1, -0.05) is 6.07 Å². The molecule has 2 unspecified atom stereocenters. The van der Waals surface area contributed by atoms with Gasteiger partial charge < -0.3 is 15.3 Å². The molecule has 1 saturated heterocycles. The number of aliphatic hydroxyl groups excluding tert-OH is 1. The second-order valence-electron chi connectivity index (χ2n) is 6.68. The van der Waals surface area contributed by atoms with Crippen LogP contribution in [0.1, 0.15) is 36.6 Å². The molecule has 1 aliphatic heterocycles. The topological polar surface area (TPSA) is 55.8 Å². The van der Waals surface area contributed by atoms with Crippen LogP contribution in [0.3, 0.4) is 0 Å². The zero-order valence-electron chi connectivity index (χ0n) is 13.8. The third kappa shape index (κ3) is 4.05. The van der Waals surface area contributed by atoms with Gasteiger partial charge in [0.15, 0.2) is 0 Å². The van der Waals surface area contributed by atoms with Crippen LogP contribution < -0.4 is 5.32 Å². The summed E-state index contributed by atoms with van der Waals surface area (Å²) in [5.41, 5.74) is 0. The molecule has 0 spiro atoms.